The average molecular weight is 303 g/mol. The van der Waals surface area contributed by atoms with Crippen LogP contribution in [0.25, 0.3) is 0 Å². The maximum absolute atomic E-state index is 12.6. The van der Waals surface area contributed by atoms with Gasteiger partial charge in [0.05, 0.1) is 0 Å². The van der Waals surface area contributed by atoms with E-state index < -0.39 is 23.0 Å². The molecule has 1 aliphatic heterocycles. The largest absolute Gasteiger partial charge is 0.350 e. The predicted octanol–water partition coefficient (Wildman–Crippen LogP) is 1.37. The van der Waals surface area contributed by atoms with Gasteiger partial charge in [-0.15, -0.1) is 0 Å². The molecule has 1 heterocycles. The minimum Gasteiger partial charge on any atom is -0.350 e. The van der Waals surface area contributed by atoms with Gasteiger partial charge >= 0.3 is 6.03 Å². The van der Waals surface area contributed by atoms with E-state index in [1.54, 1.807) is 31.2 Å². The molecular formula is C16H21N3O3. The van der Waals surface area contributed by atoms with Crippen molar-refractivity contribution in [3.63, 3.8) is 0 Å². The average Bonchev–Trinajstić information content (AvgIpc) is 2.62. The van der Waals surface area contributed by atoms with Crippen molar-refractivity contribution >= 4 is 17.8 Å². The monoisotopic (exact) mass is 303 g/mol. The van der Waals surface area contributed by atoms with Crippen molar-refractivity contribution in [1.29, 1.82) is 0 Å². The lowest BCUT2D eigenvalue weighted by atomic mass is 9.92. The number of amides is 4. The van der Waals surface area contributed by atoms with Crippen LogP contribution in [0.4, 0.5) is 4.79 Å². The highest BCUT2D eigenvalue weighted by molar-refractivity contribution is 6.09. The van der Waals surface area contributed by atoms with Gasteiger partial charge in [-0.1, -0.05) is 30.3 Å². The second-order valence-electron chi connectivity index (χ2n) is 6.61. The molecule has 4 amide bonds. The van der Waals surface area contributed by atoms with Gasteiger partial charge in [-0.05, 0) is 33.3 Å². The van der Waals surface area contributed by atoms with Crippen LogP contribution in [0, 0.1) is 0 Å². The lowest BCUT2D eigenvalue weighted by Gasteiger charge is -2.23. The molecule has 0 spiro atoms. The Morgan fingerprint density at radius 2 is 1.82 bits per heavy atom. The topological polar surface area (TPSA) is 78.5 Å². The van der Waals surface area contributed by atoms with E-state index in [1.165, 1.54) is 0 Å². The van der Waals surface area contributed by atoms with Crippen LogP contribution in [0.1, 0.15) is 33.3 Å². The zero-order valence-electron chi connectivity index (χ0n) is 13.3. The summed E-state index contributed by atoms with van der Waals surface area (Å²) >= 11 is 0. The number of benzene rings is 1. The first-order valence-electron chi connectivity index (χ1n) is 7.14. The van der Waals surface area contributed by atoms with Crippen LogP contribution in [0.5, 0.6) is 0 Å². The zero-order chi connectivity index (χ0) is 16.5. The fraction of sp³-hybridized carbons (Fsp3) is 0.438. The third-order valence-electron chi connectivity index (χ3n) is 3.44. The Hall–Kier alpha value is -2.37. The van der Waals surface area contributed by atoms with Crippen LogP contribution < -0.4 is 10.6 Å². The van der Waals surface area contributed by atoms with Crippen molar-refractivity contribution in [2.75, 3.05) is 6.54 Å². The fourth-order valence-electron chi connectivity index (χ4n) is 2.41. The van der Waals surface area contributed by atoms with Crippen molar-refractivity contribution < 1.29 is 14.4 Å². The highest BCUT2D eigenvalue weighted by atomic mass is 16.2. The Morgan fingerprint density at radius 3 is 2.36 bits per heavy atom. The van der Waals surface area contributed by atoms with Crippen LogP contribution in [-0.4, -0.2) is 34.8 Å². The summed E-state index contributed by atoms with van der Waals surface area (Å²) in [7, 11) is 0. The van der Waals surface area contributed by atoms with Gasteiger partial charge in [-0.3, -0.25) is 14.5 Å². The van der Waals surface area contributed by atoms with Crippen molar-refractivity contribution in [3.05, 3.63) is 35.9 Å². The maximum Gasteiger partial charge on any atom is 0.325 e. The molecule has 0 saturated carbocycles. The van der Waals surface area contributed by atoms with Gasteiger partial charge in [0.2, 0.25) is 5.91 Å². The Balaban J connectivity index is 2.18. The summed E-state index contributed by atoms with van der Waals surface area (Å²) in [5, 5.41) is 5.41. The summed E-state index contributed by atoms with van der Waals surface area (Å²) in [4.78, 5) is 37.6. The normalized spacial score (nSPS) is 21.7. The van der Waals surface area contributed by atoms with Crippen molar-refractivity contribution in [3.8, 4) is 0 Å². The SMILES string of the molecule is CC(C)(C)NC(=O)CN1C(=O)N[C@](C)(c2ccccc2)C1=O. The molecule has 1 saturated heterocycles. The van der Waals surface area contributed by atoms with Gasteiger partial charge in [-0.2, -0.15) is 0 Å². The molecule has 0 bridgehead atoms. The number of hydrogen-bond acceptors (Lipinski definition) is 3. The van der Waals surface area contributed by atoms with Crippen molar-refractivity contribution in [2.24, 2.45) is 0 Å². The number of imide groups is 1. The van der Waals surface area contributed by atoms with Crippen LogP contribution in [0.2, 0.25) is 0 Å². The van der Waals surface area contributed by atoms with E-state index in [0.29, 0.717) is 5.56 Å². The van der Waals surface area contributed by atoms with Gasteiger partial charge in [0.1, 0.15) is 12.1 Å². The Morgan fingerprint density at radius 1 is 1.23 bits per heavy atom. The minimum absolute atomic E-state index is 0.287. The van der Waals surface area contributed by atoms with E-state index in [0.717, 1.165) is 4.90 Å². The number of urea groups is 1. The summed E-state index contributed by atoms with van der Waals surface area (Å²) in [6.07, 6.45) is 0. The molecule has 6 nitrogen and oxygen atoms in total. The van der Waals surface area contributed by atoms with Gasteiger partial charge in [-0.25, -0.2) is 4.79 Å². The second kappa shape index (κ2) is 5.44. The highest BCUT2D eigenvalue weighted by Gasteiger charge is 2.49. The number of carbonyl (C=O) groups excluding carboxylic acids is 3. The first-order valence-corrected chi connectivity index (χ1v) is 7.14. The van der Waals surface area contributed by atoms with Crippen LogP contribution >= 0.6 is 0 Å². The molecule has 0 aliphatic carbocycles. The lowest BCUT2D eigenvalue weighted by molar-refractivity contribution is -0.135. The maximum atomic E-state index is 12.6. The molecule has 1 fully saturated rings. The van der Waals surface area contributed by atoms with Crippen LogP contribution in [0.15, 0.2) is 30.3 Å². The molecule has 1 aromatic rings. The molecule has 1 aliphatic rings. The van der Waals surface area contributed by atoms with E-state index in [1.807, 2.05) is 26.8 Å². The standard InChI is InChI=1S/C16H21N3O3/c1-15(2,3)17-12(20)10-19-13(21)16(4,18-14(19)22)11-8-6-5-7-9-11/h5-9H,10H2,1-4H3,(H,17,20)(H,18,22)/t16-/m1/s1. The lowest BCUT2D eigenvalue weighted by Crippen LogP contribution is -2.48. The molecule has 2 N–H and O–H groups in total. The predicted molar refractivity (Wildman–Crippen MR) is 81.9 cm³/mol. The second-order valence-corrected chi connectivity index (χ2v) is 6.61. The quantitative estimate of drug-likeness (QED) is 0.828. The molecule has 6 heteroatoms. The first kappa shape index (κ1) is 16.0. The van der Waals surface area contributed by atoms with Gasteiger partial charge < -0.3 is 10.6 Å². The number of nitrogens with zero attached hydrogens (tertiary/aromatic N) is 1. The molecule has 22 heavy (non-hydrogen) atoms. The molecule has 118 valence electrons. The third-order valence-corrected chi connectivity index (χ3v) is 3.44. The molecule has 1 aromatic carbocycles. The summed E-state index contributed by atoms with van der Waals surface area (Å²) in [5.41, 5.74) is -0.869. The number of nitrogens with one attached hydrogen (secondary N) is 2. The van der Waals surface area contributed by atoms with Gasteiger partial charge in [0.25, 0.3) is 5.91 Å². The van der Waals surface area contributed by atoms with E-state index in [9.17, 15) is 14.4 Å². The molecule has 0 unspecified atom stereocenters. The minimum atomic E-state index is -1.14. The van der Waals surface area contributed by atoms with Gasteiger partial charge in [0, 0.05) is 5.54 Å². The smallest absolute Gasteiger partial charge is 0.325 e. The Labute approximate surface area is 129 Å². The number of rotatable bonds is 3. The first-order chi connectivity index (χ1) is 10.1. The van der Waals surface area contributed by atoms with Crippen LogP contribution in [0.3, 0.4) is 0 Å². The summed E-state index contributed by atoms with van der Waals surface area (Å²) in [6, 6.07) is 8.43. The Kier molecular flexibility index (Phi) is 3.96. The fourth-order valence-corrected chi connectivity index (χ4v) is 2.41. The summed E-state index contributed by atoms with van der Waals surface area (Å²) in [6.45, 7) is 6.87. The van der Waals surface area contributed by atoms with Crippen molar-refractivity contribution in [1.82, 2.24) is 15.5 Å². The number of hydrogen-bond donors (Lipinski definition) is 2. The highest BCUT2D eigenvalue weighted by Crippen LogP contribution is 2.28. The van der Waals surface area contributed by atoms with Gasteiger partial charge in [0.15, 0.2) is 0 Å². The summed E-state index contributed by atoms with van der Waals surface area (Å²) in [5.74, 6) is -0.791. The number of carbonyl (C=O) groups is 3. The van der Waals surface area contributed by atoms with E-state index in [4.69, 9.17) is 0 Å². The van der Waals surface area contributed by atoms with E-state index in [2.05, 4.69) is 10.6 Å². The molecule has 1 atom stereocenters. The zero-order valence-corrected chi connectivity index (χ0v) is 13.3. The molecule has 2 rings (SSSR count). The third kappa shape index (κ3) is 3.10. The van der Waals surface area contributed by atoms with Crippen molar-refractivity contribution in [2.45, 2.75) is 38.8 Å². The summed E-state index contributed by atoms with van der Waals surface area (Å²) < 4.78 is 0. The van der Waals surface area contributed by atoms with Crippen LogP contribution in [-0.2, 0) is 15.1 Å². The molecule has 0 aromatic heterocycles. The molecular weight excluding hydrogens is 282 g/mol. The van der Waals surface area contributed by atoms with E-state index in [-0.39, 0.29) is 12.5 Å². The van der Waals surface area contributed by atoms with E-state index >= 15 is 0 Å². The molecule has 0 radical (unpaired) electrons. The Bertz CT molecular complexity index is 607.